The van der Waals surface area contributed by atoms with Crippen LogP contribution in [0.3, 0.4) is 0 Å². The molecular formula is C11H19BrN2O. The molecule has 0 bridgehead atoms. The first kappa shape index (κ1) is 12.7. The molecule has 3 nitrogen and oxygen atoms in total. The van der Waals surface area contributed by atoms with Crippen molar-refractivity contribution >= 4 is 15.9 Å². The predicted molar refractivity (Wildman–Crippen MR) is 64.8 cm³/mol. The molecule has 0 aliphatic heterocycles. The van der Waals surface area contributed by atoms with Gasteiger partial charge in [0.2, 0.25) is 0 Å². The van der Waals surface area contributed by atoms with E-state index < -0.39 is 6.10 Å². The highest BCUT2D eigenvalue weighted by atomic mass is 79.9. The smallest absolute Gasteiger partial charge is 0.0968 e. The molecule has 1 unspecified atom stereocenters. The number of nitrogens with zero attached hydrogens (tertiary/aromatic N) is 2. The highest BCUT2D eigenvalue weighted by Crippen LogP contribution is 2.28. The molecule has 1 aromatic rings. The molecule has 0 saturated carbocycles. The molecule has 0 amide bonds. The van der Waals surface area contributed by atoms with Gasteiger partial charge >= 0.3 is 0 Å². The molecular weight excluding hydrogens is 256 g/mol. The number of unbranched alkanes of at least 4 members (excludes halogenated alkanes) is 1. The van der Waals surface area contributed by atoms with Crippen molar-refractivity contribution in [2.75, 3.05) is 0 Å². The number of aliphatic hydroxyl groups is 1. The van der Waals surface area contributed by atoms with Crippen LogP contribution in [-0.2, 0) is 0 Å². The van der Waals surface area contributed by atoms with Crippen molar-refractivity contribution in [3.63, 3.8) is 0 Å². The summed E-state index contributed by atoms with van der Waals surface area (Å²) in [5, 5.41) is 14.3. The lowest BCUT2D eigenvalue weighted by Crippen LogP contribution is -2.11. The number of rotatable bonds is 5. The molecule has 0 aliphatic rings. The molecule has 1 N–H and O–H groups in total. The van der Waals surface area contributed by atoms with Gasteiger partial charge < -0.3 is 5.11 Å². The van der Waals surface area contributed by atoms with Crippen LogP contribution >= 0.6 is 15.9 Å². The highest BCUT2D eigenvalue weighted by molar-refractivity contribution is 9.10. The molecule has 4 heteroatoms. The van der Waals surface area contributed by atoms with Crippen LogP contribution in [0.5, 0.6) is 0 Å². The van der Waals surface area contributed by atoms with Crippen molar-refractivity contribution in [2.45, 2.75) is 52.2 Å². The Labute approximate surface area is 99.6 Å². The molecule has 86 valence electrons. The summed E-state index contributed by atoms with van der Waals surface area (Å²) in [4.78, 5) is 0. The third kappa shape index (κ3) is 3.05. The summed E-state index contributed by atoms with van der Waals surface area (Å²) in [6.07, 6.45) is 4.28. The molecule has 1 aromatic heterocycles. The number of hydrogen-bond acceptors (Lipinski definition) is 2. The monoisotopic (exact) mass is 274 g/mol. The van der Waals surface area contributed by atoms with E-state index >= 15 is 0 Å². The van der Waals surface area contributed by atoms with Crippen LogP contribution in [0.15, 0.2) is 10.7 Å². The van der Waals surface area contributed by atoms with Crippen molar-refractivity contribution in [2.24, 2.45) is 0 Å². The van der Waals surface area contributed by atoms with E-state index in [-0.39, 0.29) is 6.04 Å². The van der Waals surface area contributed by atoms with E-state index in [2.05, 4.69) is 41.8 Å². The second kappa shape index (κ2) is 5.66. The fraction of sp³-hybridized carbons (Fsp3) is 0.727. The van der Waals surface area contributed by atoms with Crippen molar-refractivity contribution in [1.82, 2.24) is 9.78 Å². The summed E-state index contributed by atoms with van der Waals surface area (Å²) in [6, 6.07) is 0.280. The summed E-state index contributed by atoms with van der Waals surface area (Å²) in [7, 11) is 0. The summed E-state index contributed by atoms with van der Waals surface area (Å²) < 4.78 is 2.78. The molecule has 1 heterocycles. The van der Waals surface area contributed by atoms with Crippen molar-refractivity contribution in [3.8, 4) is 0 Å². The standard InChI is InChI=1S/C11H19BrN2O/c1-4-5-6-10(15)11-9(12)7-13-14(11)8(2)3/h7-8,10,15H,4-6H2,1-3H3. The van der Waals surface area contributed by atoms with Gasteiger partial charge in [-0.1, -0.05) is 19.8 Å². The van der Waals surface area contributed by atoms with E-state index in [1.54, 1.807) is 6.20 Å². The zero-order chi connectivity index (χ0) is 11.4. The number of aliphatic hydroxyl groups excluding tert-OH is 1. The maximum atomic E-state index is 10.1. The average molecular weight is 275 g/mol. The Bertz CT molecular complexity index is 310. The quantitative estimate of drug-likeness (QED) is 0.893. The lowest BCUT2D eigenvalue weighted by molar-refractivity contribution is 0.150. The van der Waals surface area contributed by atoms with Crippen LogP contribution in [0, 0.1) is 0 Å². The lowest BCUT2D eigenvalue weighted by atomic mass is 10.1. The minimum absolute atomic E-state index is 0.280. The molecule has 15 heavy (non-hydrogen) atoms. The van der Waals surface area contributed by atoms with Gasteiger partial charge in [-0.3, -0.25) is 4.68 Å². The molecule has 0 aromatic carbocycles. The summed E-state index contributed by atoms with van der Waals surface area (Å²) in [6.45, 7) is 6.26. The Kier molecular flexibility index (Phi) is 4.80. The van der Waals surface area contributed by atoms with Crippen LogP contribution in [0.1, 0.15) is 57.9 Å². The van der Waals surface area contributed by atoms with Gasteiger partial charge in [0, 0.05) is 6.04 Å². The fourth-order valence-corrected chi connectivity index (χ4v) is 2.15. The first-order valence-electron chi connectivity index (χ1n) is 5.48. The van der Waals surface area contributed by atoms with Crippen molar-refractivity contribution in [1.29, 1.82) is 0 Å². The van der Waals surface area contributed by atoms with Gasteiger partial charge in [-0.25, -0.2) is 0 Å². The summed E-state index contributed by atoms with van der Waals surface area (Å²) >= 11 is 3.43. The van der Waals surface area contributed by atoms with Crippen LogP contribution in [0.2, 0.25) is 0 Å². The van der Waals surface area contributed by atoms with Crippen LogP contribution < -0.4 is 0 Å². The largest absolute Gasteiger partial charge is 0.387 e. The second-order valence-electron chi connectivity index (χ2n) is 4.07. The van der Waals surface area contributed by atoms with Crippen LogP contribution in [0.25, 0.3) is 0 Å². The Hall–Kier alpha value is -0.350. The maximum absolute atomic E-state index is 10.1. The number of hydrogen-bond donors (Lipinski definition) is 1. The fourth-order valence-electron chi connectivity index (χ4n) is 1.61. The third-order valence-electron chi connectivity index (χ3n) is 2.42. The van der Waals surface area contributed by atoms with Crippen LogP contribution in [-0.4, -0.2) is 14.9 Å². The topological polar surface area (TPSA) is 38.1 Å². The molecule has 0 radical (unpaired) electrons. The second-order valence-corrected chi connectivity index (χ2v) is 4.93. The van der Waals surface area contributed by atoms with Crippen molar-refractivity contribution < 1.29 is 5.11 Å². The van der Waals surface area contributed by atoms with Gasteiger partial charge in [0.15, 0.2) is 0 Å². The first-order chi connectivity index (χ1) is 7.07. The Morgan fingerprint density at radius 2 is 2.20 bits per heavy atom. The third-order valence-corrected chi connectivity index (χ3v) is 3.03. The zero-order valence-electron chi connectivity index (χ0n) is 9.57. The highest BCUT2D eigenvalue weighted by Gasteiger charge is 2.18. The van der Waals surface area contributed by atoms with Gasteiger partial charge in [0.1, 0.15) is 0 Å². The summed E-state index contributed by atoms with van der Waals surface area (Å²) in [5.74, 6) is 0. The van der Waals surface area contributed by atoms with Gasteiger partial charge in [-0.2, -0.15) is 5.10 Å². The van der Waals surface area contributed by atoms with E-state index in [1.807, 2.05) is 4.68 Å². The molecule has 1 atom stereocenters. The van der Waals surface area contributed by atoms with E-state index in [4.69, 9.17) is 0 Å². The van der Waals surface area contributed by atoms with E-state index in [1.165, 1.54) is 0 Å². The van der Waals surface area contributed by atoms with Gasteiger partial charge in [-0.05, 0) is 36.2 Å². The number of aromatic nitrogens is 2. The number of halogens is 1. The average Bonchev–Trinajstić information content (AvgIpc) is 2.56. The Morgan fingerprint density at radius 1 is 1.53 bits per heavy atom. The Morgan fingerprint density at radius 3 is 2.73 bits per heavy atom. The van der Waals surface area contributed by atoms with Gasteiger partial charge in [0.25, 0.3) is 0 Å². The molecule has 0 saturated heterocycles. The van der Waals surface area contributed by atoms with Gasteiger partial charge in [-0.15, -0.1) is 0 Å². The van der Waals surface area contributed by atoms with E-state index in [0.717, 1.165) is 29.4 Å². The molecule has 1 rings (SSSR count). The predicted octanol–water partition coefficient (Wildman–Crippen LogP) is 3.45. The molecule has 0 aliphatic carbocycles. The van der Waals surface area contributed by atoms with Crippen molar-refractivity contribution in [3.05, 3.63) is 16.4 Å². The van der Waals surface area contributed by atoms with E-state index in [0.29, 0.717) is 0 Å². The lowest BCUT2D eigenvalue weighted by Gasteiger charge is -2.16. The summed E-state index contributed by atoms with van der Waals surface area (Å²) in [5.41, 5.74) is 0.901. The molecule has 0 fully saturated rings. The minimum Gasteiger partial charge on any atom is -0.387 e. The van der Waals surface area contributed by atoms with E-state index in [9.17, 15) is 5.11 Å². The SMILES string of the molecule is CCCCC(O)c1c(Br)cnn1C(C)C. The normalized spacial score (nSPS) is 13.5. The first-order valence-corrected chi connectivity index (χ1v) is 6.28. The minimum atomic E-state index is -0.413. The van der Waals surface area contributed by atoms with Crippen LogP contribution in [0.4, 0.5) is 0 Å². The maximum Gasteiger partial charge on any atom is 0.0968 e. The van der Waals surface area contributed by atoms with Gasteiger partial charge in [0.05, 0.1) is 22.5 Å². The zero-order valence-corrected chi connectivity index (χ0v) is 11.2. The molecule has 0 spiro atoms. The Balaban J connectivity index is 2.85.